The molecule has 4 heteroatoms. The summed E-state index contributed by atoms with van der Waals surface area (Å²) >= 11 is 3.47. The number of likely N-dealkylation sites (tertiary alicyclic amines) is 1. The lowest BCUT2D eigenvalue weighted by Gasteiger charge is -2.31. The molecule has 0 bridgehead atoms. The Kier molecular flexibility index (Phi) is 4.18. The first-order valence-corrected chi connectivity index (χ1v) is 6.73. The molecule has 0 spiro atoms. The Balaban J connectivity index is 1.99. The molecule has 1 aromatic rings. The summed E-state index contributed by atoms with van der Waals surface area (Å²) in [6.45, 7) is 1.54. The number of nitrogens with two attached hydrogens (primary N) is 1. The number of nitrogens with zero attached hydrogens (tertiary/aromatic N) is 1. The molecule has 1 fully saturated rings. The van der Waals surface area contributed by atoms with Crippen molar-refractivity contribution in [3.8, 4) is 0 Å². The highest BCUT2D eigenvalue weighted by Crippen LogP contribution is 2.18. The third-order valence-electron chi connectivity index (χ3n) is 3.11. The molecule has 0 aromatic heterocycles. The summed E-state index contributed by atoms with van der Waals surface area (Å²) in [5.41, 5.74) is 6.92. The van der Waals surface area contributed by atoms with Gasteiger partial charge in [-0.15, -0.1) is 0 Å². The number of halogens is 1. The number of hydrogen-bond donors (Lipinski definition) is 1. The molecule has 0 aliphatic carbocycles. The molecule has 1 saturated heterocycles. The summed E-state index contributed by atoms with van der Waals surface area (Å²) in [6, 6.07) is 7.99. The third-order valence-corrected chi connectivity index (χ3v) is 3.88. The molecule has 2 N–H and O–H groups in total. The topological polar surface area (TPSA) is 46.3 Å². The quantitative estimate of drug-likeness (QED) is 0.907. The Hall–Kier alpha value is -0.870. The molecule has 1 aliphatic rings. The molecule has 1 heterocycles. The predicted octanol–water partition coefficient (Wildman–Crippen LogP) is 1.94. The Labute approximate surface area is 110 Å². The highest BCUT2D eigenvalue weighted by Gasteiger charge is 2.21. The Morgan fingerprint density at radius 2 is 2.24 bits per heavy atom. The molecule has 92 valence electrons. The molecular formula is C13H17BrN2O. The first kappa shape index (κ1) is 12.6. The van der Waals surface area contributed by atoms with Crippen LogP contribution < -0.4 is 5.73 Å². The van der Waals surface area contributed by atoms with E-state index in [1.807, 2.05) is 29.2 Å². The Morgan fingerprint density at radius 1 is 1.47 bits per heavy atom. The molecule has 1 aromatic carbocycles. The van der Waals surface area contributed by atoms with Crippen molar-refractivity contribution in [2.24, 2.45) is 5.73 Å². The van der Waals surface area contributed by atoms with Gasteiger partial charge < -0.3 is 10.6 Å². The minimum Gasteiger partial charge on any atom is -0.341 e. The number of piperidine rings is 1. The van der Waals surface area contributed by atoms with Crippen LogP contribution in [-0.4, -0.2) is 29.9 Å². The SMILES string of the molecule is NC1CCCN(C(=O)Cc2ccccc2Br)C1. The van der Waals surface area contributed by atoms with E-state index in [4.69, 9.17) is 5.73 Å². The lowest BCUT2D eigenvalue weighted by molar-refractivity contribution is -0.131. The van der Waals surface area contributed by atoms with Crippen LogP contribution in [0.4, 0.5) is 0 Å². The van der Waals surface area contributed by atoms with Crippen LogP contribution in [0.15, 0.2) is 28.7 Å². The summed E-state index contributed by atoms with van der Waals surface area (Å²) in [5.74, 6) is 0.173. The first-order valence-electron chi connectivity index (χ1n) is 5.93. The van der Waals surface area contributed by atoms with Crippen LogP contribution in [0.1, 0.15) is 18.4 Å². The second-order valence-electron chi connectivity index (χ2n) is 4.51. The van der Waals surface area contributed by atoms with Gasteiger partial charge in [-0.25, -0.2) is 0 Å². The van der Waals surface area contributed by atoms with E-state index in [0.717, 1.165) is 29.4 Å². The van der Waals surface area contributed by atoms with Crippen LogP contribution in [0.5, 0.6) is 0 Å². The highest BCUT2D eigenvalue weighted by molar-refractivity contribution is 9.10. The van der Waals surface area contributed by atoms with Crippen molar-refractivity contribution in [3.63, 3.8) is 0 Å². The van der Waals surface area contributed by atoms with Gasteiger partial charge in [0.05, 0.1) is 6.42 Å². The maximum atomic E-state index is 12.1. The average molecular weight is 297 g/mol. The van der Waals surface area contributed by atoms with Crippen molar-refractivity contribution in [1.82, 2.24) is 4.90 Å². The maximum Gasteiger partial charge on any atom is 0.227 e. The number of amides is 1. The van der Waals surface area contributed by atoms with Crippen molar-refractivity contribution in [1.29, 1.82) is 0 Å². The monoisotopic (exact) mass is 296 g/mol. The molecule has 1 atom stereocenters. The van der Waals surface area contributed by atoms with Crippen LogP contribution in [-0.2, 0) is 11.2 Å². The van der Waals surface area contributed by atoms with Crippen molar-refractivity contribution in [2.45, 2.75) is 25.3 Å². The zero-order valence-electron chi connectivity index (χ0n) is 9.73. The zero-order chi connectivity index (χ0) is 12.3. The van der Waals surface area contributed by atoms with Gasteiger partial charge in [-0.05, 0) is 24.5 Å². The van der Waals surface area contributed by atoms with E-state index in [0.29, 0.717) is 13.0 Å². The number of carbonyl (C=O) groups is 1. The number of benzene rings is 1. The van der Waals surface area contributed by atoms with E-state index in [9.17, 15) is 4.79 Å². The predicted molar refractivity (Wildman–Crippen MR) is 71.6 cm³/mol. The van der Waals surface area contributed by atoms with Crippen molar-refractivity contribution in [2.75, 3.05) is 13.1 Å². The molecule has 3 nitrogen and oxygen atoms in total. The summed E-state index contributed by atoms with van der Waals surface area (Å²) in [5, 5.41) is 0. The van der Waals surface area contributed by atoms with Crippen LogP contribution >= 0.6 is 15.9 Å². The number of carbonyl (C=O) groups excluding carboxylic acids is 1. The Morgan fingerprint density at radius 3 is 2.94 bits per heavy atom. The van der Waals surface area contributed by atoms with Gasteiger partial charge in [-0.1, -0.05) is 34.1 Å². The molecule has 0 saturated carbocycles. The second kappa shape index (κ2) is 5.65. The molecule has 1 aliphatic heterocycles. The maximum absolute atomic E-state index is 12.1. The largest absolute Gasteiger partial charge is 0.341 e. The third kappa shape index (κ3) is 3.30. The van der Waals surface area contributed by atoms with E-state index in [1.165, 1.54) is 0 Å². The second-order valence-corrected chi connectivity index (χ2v) is 5.36. The molecule has 1 amide bonds. The normalized spacial score (nSPS) is 20.4. The molecular weight excluding hydrogens is 280 g/mol. The van der Waals surface area contributed by atoms with E-state index < -0.39 is 0 Å². The van der Waals surface area contributed by atoms with Gasteiger partial charge in [0.2, 0.25) is 5.91 Å². The van der Waals surface area contributed by atoms with Gasteiger partial charge in [0.25, 0.3) is 0 Å². The van der Waals surface area contributed by atoms with Crippen molar-refractivity contribution in [3.05, 3.63) is 34.3 Å². The van der Waals surface area contributed by atoms with Gasteiger partial charge in [-0.2, -0.15) is 0 Å². The summed E-state index contributed by atoms with van der Waals surface area (Å²) in [7, 11) is 0. The summed E-state index contributed by atoms with van der Waals surface area (Å²) in [4.78, 5) is 14.0. The first-order chi connectivity index (χ1) is 8.16. The van der Waals surface area contributed by atoms with Gasteiger partial charge in [0.15, 0.2) is 0 Å². The van der Waals surface area contributed by atoms with Crippen LogP contribution in [0.3, 0.4) is 0 Å². The van der Waals surface area contributed by atoms with E-state index in [2.05, 4.69) is 15.9 Å². The number of hydrogen-bond acceptors (Lipinski definition) is 2. The van der Waals surface area contributed by atoms with Gasteiger partial charge in [-0.3, -0.25) is 4.79 Å². The average Bonchev–Trinajstić information content (AvgIpc) is 2.32. The standard InChI is InChI=1S/C13H17BrN2O/c14-12-6-2-1-4-10(12)8-13(17)16-7-3-5-11(15)9-16/h1-2,4,6,11H,3,5,7-9,15H2. The van der Waals surface area contributed by atoms with Crippen LogP contribution in [0.25, 0.3) is 0 Å². The Bertz CT molecular complexity index is 408. The van der Waals surface area contributed by atoms with Crippen molar-refractivity contribution >= 4 is 21.8 Å². The van der Waals surface area contributed by atoms with E-state index in [1.54, 1.807) is 0 Å². The van der Waals surface area contributed by atoms with Gasteiger partial charge in [0, 0.05) is 23.6 Å². The fourth-order valence-corrected chi connectivity index (χ4v) is 2.58. The minimum absolute atomic E-state index is 0.145. The summed E-state index contributed by atoms with van der Waals surface area (Å²) < 4.78 is 0.995. The highest BCUT2D eigenvalue weighted by atomic mass is 79.9. The van der Waals surface area contributed by atoms with Gasteiger partial charge in [0.1, 0.15) is 0 Å². The van der Waals surface area contributed by atoms with E-state index >= 15 is 0 Å². The fraction of sp³-hybridized carbons (Fsp3) is 0.462. The fourth-order valence-electron chi connectivity index (χ4n) is 2.15. The van der Waals surface area contributed by atoms with Gasteiger partial charge >= 0.3 is 0 Å². The molecule has 1 unspecified atom stereocenters. The van der Waals surface area contributed by atoms with E-state index in [-0.39, 0.29) is 11.9 Å². The zero-order valence-corrected chi connectivity index (χ0v) is 11.3. The lowest BCUT2D eigenvalue weighted by Crippen LogP contribution is -2.46. The molecule has 2 rings (SSSR count). The molecule has 0 radical (unpaired) electrons. The molecule has 17 heavy (non-hydrogen) atoms. The minimum atomic E-state index is 0.145. The van der Waals surface area contributed by atoms with Crippen LogP contribution in [0, 0.1) is 0 Å². The smallest absolute Gasteiger partial charge is 0.227 e. The number of rotatable bonds is 2. The lowest BCUT2D eigenvalue weighted by atomic mass is 10.1. The summed E-state index contributed by atoms with van der Waals surface area (Å²) in [6.07, 6.45) is 2.50. The van der Waals surface area contributed by atoms with Crippen molar-refractivity contribution < 1.29 is 4.79 Å². The van der Waals surface area contributed by atoms with Crippen LogP contribution in [0.2, 0.25) is 0 Å².